The molecule has 0 atom stereocenters. The zero-order chi connectivity index (χ0) is 16.5. The molecule has 4 rings (SSSR count). The summed E-state index contributed by atoms with van der Waals surface area (Å²) in [5.41, 5.74) is 4.06. The minimum Gasteiger partial charge on any atom is -0.508 e. The molecule has 0 bridgehead atoms. The van der Waals surface area contributed by atoms with Crippen molar-refractivity contribution in [3.8, 4) is 33.8 Å². The van der Waals surface area contributed by atoms with Crippen molar-refractivity contribution in [2.75, 3.05) is 0 Å². The maximum Gasteiger partial charge on any atom is 0.116 e. The van der Waals surface area contributed by atoms with Crippen LogP contribution < -0.4 is 0 Å². The van der Waals surface area contributed by atoms with E-state index in [0.717, 1.165) is 33.0 Å². The van der Waals surface area contributed by atoms with Crippen LogP contribution in [-0.4, -0.2) is 10.2 Å². The molecule has 0 saturated heterocycles. The molecular weight excluding hydrogens is 296 g/mol. The van der Waals surface area contributed by atoms with Crippen molar-refractivity contribution in [1.29, 1.82) is 0 Å². The van der Waals surface area contributed by atoms with Gasteiger partial charge in [0.25, 0.3) is 0 Å². The first-order chi connectivity index (χ1) is 11.7. The van der Waals surface area contributed by atoms with Gasteiger partial charge in [-0.2, -0.15) is 0 Å². The Balaban J connectivity index is 2.00. The Bertz CT molecular complexity index is 1010. The van der Waals surface area contributed by atoms with Crippen LogP contribution in [0, 0.1) is 0 Å². The fourth-order valence-electron chi connectivity index (χ4n) is 3.11. The largest absolute Gasteiger partial charge is 0.508 e. The molecule has 4 aromatic carbocycles. The van der Waals surface area contributed by atoms with Gasteiger partial charge >= 0.3 is 0 Å². The summed E-state index contributed by atoms with van der Waals surface area (Å²) in [7, 11) is 0. The van der Waals surface area contributed by atoms with Crippen molar-refractivity contribution in [2.45, 2.75) is 0 Å². The maximum absolute atomic E-state index is 10.0. The van der Waals surface area contributed by atoms with E-state index in [-0.39, 0.29) is 11.5 Å². The zero-order valence-electron chi connectivity index (χ0n) is 13.0. The van der Waals surface area contributed by atoms with E-state index in [4.69, 9.17) is 0 Å². The molecule has 0 unspecified atom stereocenters. The average Bonchev–Trinajstić information content (AvgIpc) is 2.62. The van der Waals surface area contributed by atoms with Gasteiger partial charge < -0.3 is 10.2 Å². The summed E-state index contributed by atoms with van der Waals surface area (Å²) in [6.45, 7) is 0. The van der Waals surface area contributed by atoms with Crippen LogP contribution in [0.15, 0.2) is 84.9 Å². The molecule has 0 heterocycles. The van der Waals surface area contributed by atoms with Crippen LogP contribution in [0.2, 0.25) is 0 Å². The lowest BCUT2D eigenvalue weighted by Gasteiger charge is -2.13. The van der Waals surface area contributed by atoms with Crippen molar-refractivity contribution in [3.63, 3.8) is 0 Å². The highest BCUT2D eigenvalue weighted by Gasteiger charge is 2.11. The second-order valence-corrected chi connectivity index (χ2v) is 5.80. The highest BCUT2D eigenvalue weighted by Crippen LogP contribution is 2.38. The number of hydrogen-bond donors (Lipinski definition) is 2. The summed E-state index contributed by atoms with van der Waals surface area (Å²) in [5.74, 6) is 0.477. The summed E-state index contributed by atoms with van der Waals surface area (Å²) in [6, 6.07) is 26.9. The third kappa shape index (κ3) is 2.48. The van der Waals surface area contributed by atoms with Gasteiger partial charge in [-0.25, -0.2) is 0 Å². The fraction of sp³-hybridized carbons (Fsp3) is 0. The van der Waals surface area contributed by atoms with Crippen LogP contribution >= 0.6 is 0 Å². The highest BCUT2D eigenvalue weighted by atomic mass is 16.3. The van der Waals surface area contributed by atoms with E-state index in [1.165, 1.54) is 0 Å². The Kier molecular flexibility index (Phi) is 3.43. The fourth-order valence-corrected chi connectivity index (χ4v) is 3.11. The van der Waals surface area contributed by atoms with Crippen molar-refractivity contribution in [3.05, 3.63) is 84.9 Å². The molecule has 2 N–H and O–H groups in total. The molecule has 2 nitrogen and oxygen atoms in total. The number of aromatic hydroxyl groups is 2. The van der Waals surface area contributed by atoms with Crippen LogP contribution in [0.3, 0.4) is 0 Å². The lowest BCUT2D eigenvalue weighted by Crippen LogP contribution is -1.87. The average molecular weight is 312 g/mol. The molecule has 24 heavy (non-hydrogen) atoms. The predicted octanol–water partition coefficient (Wildman–Crippen LogP) is 5.59. The third-order valence-corrected chi connectivity index (χ3v) is 4.26. The Labute approximate surface area is 140 Å². The van der Waals surface area contributed by atoms with Crippen LogP contribution in [0.4, 0.5) is 0 Å². The molecule has 4 aromatic rings. The van der Waals surface area contributed by atoms with Crippen molar-refractivity contribution in [2.24, 2.45) is 0 Å². The van der Waals surface area contributed by atoms with Crippen molar-refractivity contribution >= 4 is 10.8 Å². The first-order valence-electron chi connectivity index (χ1n) is 7.83. The molecule has 0 spiro atoms. The summed E-state index contributed by atoms with van der Waals surface area (Å²) in [4.78, 5) is 0. The summed E-state index contributed by atoms with van der Waals surface area (Å²) >= 11 is 0. The lowest BCUT2D eigenvalue weighted by atomic mass is 9.91. The quantitative estimate of drug-likeness (QED) is 0.507. The van der Waals surface area contributed by atoms with Gasteiger partial charge in [0.05, 0.1) is 0 Å². The van der Waals surface area contributed by atoms with Gasteiger partial charge in [0.15, 0.2) is 0 Å². The first kappa shape index (κ1) is 14.3. The molecule has 0 radical (unpaired) electrons. The molecule has 0 fully saturated rings. The SMILES string of the molecule is Oc1ccc(-c2ccc(O)cc2-c2cccc3ccccc23)cc1. The monoisotopic (exact) mass is 312 g/mol. The molecule has 0 aliphatic carbocycles. The molecule has 0 aromatic heterocycles. The van der Waals surface area contributed by atoms with Gasteiger partial charge in [-0.1, -0.05) is 60.7 Å². The number of phenols is 2. The van der Waals surface area contributed by atoms with Crippen LogP contribution in [0.5, 0.6) is 11.5 Å². The zero-order valence-corrected chi connectivity index (χ0v) is 13.0. The standard InChI is InChI=1S/C22H16O2/c23-17-10-8-16(9-11-17)20-13-12-18(24)14-22(20)21-7-3-5-15-4-1-2-6-19(15)21/h1-14,23-24H. The van der Waals surface area contributed by atoms with E-state index in [0.29, 0.717) is 0 Å². The minimum absolute atomic E-state index is 0.237. The molecule has 0 aliphatic rings. The highest BCUT2D eigenvalue weighted by molar-refractivity contribution is 6.00. The topological polar surface area (TPSA) is 40.5 Å². The third-order valence-electron chi connectivity index (χ3n) is 4.26. The van der Waals surface area contributed by atoms with Gasteiger partial charge in [0.1, 0.15) is 11.5 Å². The number of rotatable bonds is 2. The second-order valence-electron chi connectivity index (χ2n) is 5.80. The van der Waals surface area contributed by atoms with Gasteiger partial charge in [-0.3, -0.25) is 0 Å². The van der Waals surface area contributed by atoms with Crippen LogP contribution in [0.25, 0.3) is 33.0 Å². The van der Waals surface area contributed by atoms with E-state index in [1.54, 1.807) is 24.3 Å². The molecule has 0 saturated carbocycles. The van der Waals surface area contributed by atoms with E-state index in [9.17, 15) is 10.2 Å². The Morgan fingerprint density at radius 3 is 2.04 bits per heavy atom. The van der Waals surface area contributed by atoms with E-state index >= 15 is 0 Å². The van der Waals surface area contributed by atoms with Gasteiger partial charge in [0, 0.05) is 0 Å². The molecule has 116 valence electrons. The number of hydrogen-bond acceptors (Lipinski definition) is 2. The van der Waals surface area contributed by atoms with E-state index in [1.807, 2.05) is 36.4 Å². The molecule has 0 amide bonds. The number of fused-ring (bicyclic) bond motifs is 1. The van der Waals surface area contributed by atoms with Crippen molar-refractivity contribution in [1.82, 2.24) is 0 Å². The van der Waals surface area contributed by atoms with Gasteiger partial charge in [0.2, 0.25) is 0 Å². The second kappa shape index (κ2) is 5.74. The van der Waals surface area contributed by atoms with Crippen LogP contribution in [0.1, 0.15) is 0 Å². The van der Waals surface area contributed by atoms with E-state index in [2.05, 4.69) is 24.3 Å². The summed E-state index contributed by atoms with van der Waals surface area (Å²) in [6.07, 6.45) is 0. The Hall–Kier alpha value is -3.26. The van der Waals surface area contributed by atoms with Crippen LogP contribution in [-0.2, 0) is 0 Å². The van der Waals surface area contributed by atoms with Gasteiger partial charge in [-0.15, -0.1) is 0 Å². The minimum atomic E-state index is 0.237. The maximum atomic E-state index is 10.0. The smallest absolute Gasteiger partial charge is 0.116 e. The Morgan fingerprint density at radius 1 is 0.500 bits per heavy atom. The summed E-state index contributed by atoms with van der Waals surface area (Å²) < 4.78 is 0. The van der Waals surface area contributed by atoms with Gasteiger partial charge in [-0.05, 0) is 57.3 Å². The number of phenolic OH excluding ortho intramolecular Hbond substituents is 2. The molecule has 0 aliphatic heterocycles. The molecular formula is C22H16O2. The Morgan fingerprint density at radius 2 is 1.21 bits per heavy atom. The van der Waals surface area contributed by atoms with E-state index < -0.39 is 0 Å². The van der Waals surface area contributed by atoms with Crippen molar-refractivity contribution < 1.29 is 10.2 Å². The normalized spacial score (nSPS) is 10.8. The first-order valence-corrected chi connectivity index (χ1v) is 7.83. The summed E-state index contributed by atoms with van der Waals surface area (Å²) in [5, 5.41) is 21.9. The predicted molar refractivity (Wildman–Crippen MR) is 98.1 cm³/mol. The molecule has 2 heteroatoms. The lowest BCUT2D eigenvalue weighted by molar-refractivity contribution is 0.474. The number of benzene rings is 4.